The third-order valence-electron chi connectivity index (χ3n) is 4.76. The molecule has 1 aliphatic heterocycles. The fourth-order valence-electron chi connectivity index (χ4n) is 2.84. The number of hydrogen-bond acceptors (Lipinski definition) is 7. The second-order valence-electron chi connectivity index (χ2n) is 6.75. The molecule has 136 valence electrons. The van der Waals surface area contributed by atoms with E-state index < -0.39 is 31.4 Å². The average molecular weight is 376 g/mol. The van der Waals surface area contributed by atoms with Crippen molar-refractivity contribution in [3.8, 4) is 0 Å². The lowest BCUT2D eigenvalue weighted by Crippen LogP contribution is -2.62. The minimum Gasteiger partial charge on any atom is -0.608 e. The molecule has 0 aromatic carbocycles. The summed E-state index contributed by atoms with van der Waals surface area (Å²) in [6.07, 6.45) is 3.14. The normalized spacial score (nSPS) is 22.6. The Morgan fingerprint density at radius 3 is 2.75 bits per heavy atom. The van der Waals surface area contributed by atoms with E-state index in [2.05, 4.69) is 10.3 Å². The number of hydrogen-bond donors (Lipinski definition) is 1. The molecule has 0 spiro atoms. The SMILES string of the molecule is CCC(C)(C)C(=O)[N+]([O-])(C1CCCNCC1)S(=O)(=O)c1nccs1. The minimum absolute atomic E-state index is 0.282. The summed E-state index contributed by atoms with van der Waals surface area (Å²) in [5.41, 5.74) is -1.02. The summed E-state index contributed by atoms with van der Waals surface area (Å²) in [6.45, 7) is 6.30. The van der Waals surface area contributed by atoms with Gasteiger partial charge in [0.1, 0.15) is 6.04 Å². The number of nitrogens with zero attached hydrogens (tertiary/aromatic N) is 2. The number of amides is 1. The third kappa shape index (κ3) is 3.28. The van der Waals surface area contributed by atoms with Crippen LogP contribution < -0.4 is 5.32 Å². The molecule has 1 saturated heterocycles. The quantitative estimate of drug-likeness (QED) is 0.626. The van der Waals surface area contributed by atoms with Gasteiger partial charge < -0.3 is 10.5 Å². The molecule has 1 aliphatic rings. The van der Waals surface area contributed by atoms with E-state index in [0.717, 1.165) is 17.9 Å². The number of carbonyl (C=O) groups is 1. The summed E-state index contributed by atoms with van der Waals surface area (Å²) in [6, 6.07) is -0.813. The van der Waals surface area contributed by atoms with Crippen molar-refractivity contribution in [2.24, 2.45) is 5.41 Å². The fraction of sp³-hybridized carbons (Fsp3) is 0.733. The first-order valence-electron chi connectivity index (χ1n) is 8.18. The van der Waals surface area contributed by atoms with Crippen LogP contribution in [0.2, 0.25) is 0 Å². The van der Waals surface area contributed by atoms with Gasteiger partial charge >= 0.3 is 15.9 Å². The molecule has 2 heterocycles. The van der Waals surface area contributed by atoms with E-state index in [1.807, 2.05) is 0 Å². The maximum Gasteiger partial charge on any atom is 0.361 e. The van der Waals surface area contributed by atoms with Crippen LogP contribution in [0.3, 0.4) is 0 Å². The van der Waals surface area contributed by atoms with Gasteiger partial charge in [-0.15, -0.1) is 11.3 Å². The highest BCUT2D eigenvalue weighted by atomic mass is 32.2. The van der Waals surface area contributed by atoms with Crippen LogP contribution in [0, 0.1) is 10.6 Å². The van der Waals surface area contributed by atoms with E-state index in [1.165, 1.54) is 11.6 Å². The molecule has 2 atom stereocenters. The van der Waals surface area contributed by atoms with Crippen molar-refractivity contribution < 1.29 is 17.3 Å². The van der Waals surface area contributed by atoms with Gasteiger partial charge in [0.05, 0.1) is 5.41 Å². The molecule has 0 saturated carbocycles. The number of quaternary nitrogens is 1. The summed E-state index contributed by atoms with van der Waals surface area (Å²) in [4.78, 5) is 16.9. The lowest BCUT2D eigenvalue weighted by molar-refractivity contribution is -0.709. The smallest absolute Gasteiger partial charge is 0.361 e. The van der Waals surface area contributed by atoms with E-state index in [4.69, 9.17) is 0 Å². The first kappa shape index (κ1) is 19.5. The van der Waals surface area contributed by atoms with Crippen molar-refractivity contribution in [1.82, 2.24) is 10.3 Å². The molecular weight excluding hydrogens is 350 g/mol. The summed E-state index contributed by atoms with van der Waals surface area (Å²) >= 11 is 0.879. The summed E-state index contributed by atoms with van der Waals surface area (Å²) < 4.78 is 24.1. The van der Waals surface area contributed by atoms with E-state index in [0.29, 0.717) is 32.2 Å². The molecule has 1 aromatic heterocycles. The van der Waals surface area contributed by atoms with Crippen molar-refractivity contribution >= 4 is 27.3 Å². The molecule has 2 unspecified atom stereocenters. The number of thiazole rings is 1. The van der Waals surface area contributed by atoms with Gasteiger partial charge in [-0.05, 0) is 33.2 Å². The molecule has 2 rings (SSSR count). The zero-order valence-electron chi connectivity index (χ0n) is 14.3. The summed E-state index contributed by atoms with van der Waals surface area (Å²) in [7, 11) is -4.45. The number of sulfonamides is 1. The molecule has 0 radical (unpaired) electrons. The molecule has 1 fully saturated rings. The molecule has 24 heavy (non-hydrogen) atoms. The lowest BCUT2D eigenvalue weighted by Gasteiger charge is -2.46. The van der Waals surface area contributed by atoms with Crippen LogP contribution in [-0.2, 0) is 14.8 Å². The topological polar surface area (TPSA) is 99.2 Å². The van der Waals surface area contributed by atoms with Crippen LogP contribution in [0.25, 0.3) is 0 Å². The van der Waals surface area contributed by atoms with Crippen LogP contribution in [0.15, 0.2) is 15.9 Å². The van der Waals surface area contributed by atoms with Crippen molar-refractivity contribution in [2.45, 2.75) is 56.8 Å². The van der Waals surface area contributed by atoms with Crippen LogP contribution in [0.5, 0.6) is 0 Å². The Kier molecular flexibility index (Phi) is 5.81. The van der Waals surface area contributed by atoms with Gasteiger partial charge in [-0.3, -0.25) is 0 Å². The summed E-state index contributed by atoms with van der Waals surface area (Å²) in [5.74, 6) is -0.799. The predicted molar refractivity (Wildman–Crippen MR) is 92.5 cm³/mol. The Hall–Kier alpha value is -0.870. The number of hydroxylamine groups is 2. The van der Waals surface area contributed by atoms with Gasteiger partial charge in [0, 0.05) is 31.0 Å². The van der Waals surface area contributed by atoms with E-state index >= 15 is 0 Å². The monoisotopic (exact) mass is 375 g/mol. The van der Waals surface area contributed by atoms with E-state index in [1.54, 1.807) is 20.8 Å². The molecule has 1 amide bonds. The van der Waals surface area contributed by atoms with E-state index in [-0.39, 0.29) is 4.34 Å². The zero-order chi connectivity index (χ0) is 18.0. The van der Waals surface area contributed by atoms with Crippen molar-refractivity contribution in [3.63, 3.8) is 0 Å². The van der Waals surface area contributed by atoms with Gasteiger partial charge in [-0.25, -0.2) is 9.78 Å². The van der Waals surface area contributed by atoms with Gasteiger partial charge in [-0.1, -0.05) is 6.92 Å². The van der Waals surface area contributed by atoms with Crippen molar-refractivity contribution in [1.29, 1.82) is 0 Å². The Morgan fingerprint density at radius 1 is 1.46 bits per heavy atom. The molecule has 1 N–H and O–H groups in total. The molecule has 0 aliphatic carbocycles. The van der Waals surface area contributed by atoms with Crippen LogP contribution in [-0.4, -0.2) is 42.5 Å². The highest BCUT2D eigenvalue weighted by Gasteiger charge is 2.54. The Bertz CT molecular complexity index is 665. The second-order valence-corrected chi connectivity index (χ2v) is 9.78. The van der Waals surface area contributed by atoms with E-state index in [9.17, 15) is 18.4 Å². The Labute approximate surface area is 147 Å². The van der Waals surface area contributed by atoms with Crippen LogP contribution >= 0.6 is 11.3 Å². The van der Waals surface area contributed by atoms with Crippen molar-refractivity contribution in [2.75, 3.05) is 13.1 Å². The maximum atomic E-state index is 13.8. The van der Waals surface area contributed by atoms with Gasteiger partial charge in [-0.2, -0.15) is 12.5 Å². The zero-order valence-corrected chi connectivity index (χ0v) is 16.0. The van der Waals surface area contributed by atoms with Gasteiger partial charge in [0.25, 0.3) is 4.34 Å². The highest BCUT2D eigenvalue weighted by Crippen LogP contribution is 2.38. The van der Waals surface area contributed by atoms with Crippen LogP contribution in [0.4, 0.5) is 0 Å². The third-order valence-corrected chi connectivity index (χ3v) is 7.97. The largest absolute Gasteiger partial charge is 0.608 e. The minimum atomic E-state index is -4.45. The molecule has 9 heteroatoms. The Balaban J connectivity index is 2.58. The second kappa shape index (κ2) is 7.17. The molecule has 0 bridgehead atoms. The lowest BCUT2D eigenvalue weighted by atomic mass is 9.88. The molecular formula is C15H25N3O4S2. The number of nitrogens with one attached hydrogen (secondary N) is 1. The number of aromatic nitrogens is 1. The molecule has 1 aromatic rings. The summed E-state index contributed by atoms with van der Waals surface area (Å²) in [5, 5.41) is 18.4. The number of carbonyl (C=O) groups excluding carboxylic acids is 1. The van der Waals surface area contributed by atoms with Crippen LogP contribution in [0.1, 0.15) is 46.5 Å². The van der Waals surface area contributed by atoms with Gasteiger partial charge in [0.2, 0.25) is 0 Å². The predicted octanol–water partition coefficient (Wildman–Crippen LogP) is 2.25. The standard InChI is InChI=1S/C15H25N3O4S2/c1-4-15(2,3)13(19)18(20,12-6-5-8-16-9-7-12)24(21,22)14-17-10-11-23-14/h10-12,16H,4-9H2,1-3H3. The first-order valence-corrected chi connectivity index (χ1v) is 10.5. The Morgan fingerprint density at radius 2 is 2.17 bits per heavy atom. The van der Waals surface area contributed by atoms with Crippen molar-refractivity contribution in [3.05, 3.63) is 16.8 Å². The molecule has 7 nitrogen and oxygen atoms in total. The average Bonchev–Trinajstić information content (AvgIpc) is 2.97. The fourth-order valence-corrected chi connectivity index (χ4v) is 5.68. The first-order chi connectivity index (χ1) is 11.2. The van der Waals surface area contributed by atoms with Gasteiger partial charge in [0.15, 0.2) is 0 Å². The number of rotatable bonds is 5. The highest BCUT2D eigenvalue weighted by molar-refractivity contribution is 7.88. The maximum absolute atomic E-state index is 13.8.